The van der Waals surface area contributed by atoms with E-state index in [1.807, 2.05) is 0 Å². The van der Waals surface area contributed by atoms with Crippen LogP contribution in [0.15, 0.2) is 29.6 Å². The van der Waals surface area contributed by atoms with E-state index in [0.29, 0.717) is 15.0 Å². The predicted octanol–water partition coefficient (Wildman–Crippen LogP) is 3.96. The summed E-state index contributed by atoms with van der Waals surface area (Å²) in [4.78, 5) is 13.1. The first-order valence-electron chi connectivity index (χ1n) is 10.8. The van der Waals surface area contributed by atoms with Gasteiger partial charge in [0.2, 0.25) is 0 Å². The fourth-order valence-corrected chi connectivity index (χ4v) is 2.76. The van der Waals surface area contributed by atoms with Gasteiger partial charge in [-0.25, -0.2) is 4.79 Å². The van der Waals surface area contributed by atoms with E-state index in [2.05, 4.69) is 0 Å². The highest BCUT2D eigenvalue weighted by molar-refractivity contribution is 7.17. The first-order chi connectivity index (χ1) is 13.5. The zero-order valence-corrected chi connectivity index (χ0v) is 13.3. The van der Waals surface area contributed by atoms with E-state index in [4.69, 9.17) is 15.7 Å². The van der Waals surface area contributed by atoms with Gasteiger partial charge in [0.15, 0.2) is 0 Å². The van der Waals surface area contributed by atoms with Gasteiger partial charge in [-0.15, -0.1) is 11.3 Å². The van der Waals surface area contributed by atoms with Crippen LogP contribution in [0.4, 0.5) is 10.5 Å². The Kier molecular flexibility index (Phi) is 2.16. The van der Waals surface area contributed by atoms with E-state index in [0.717, 1.165) is 0 Å². The highest BCUT2D eigenvalue weighted by Crippen LogP contribution is 2.31. The van der Waals surface area contributed by atoms with E-state index in [1.165, 1.54) is 38.2 Å². The van der Waals surface area contributed by atoms with Crippen LogP contribution in [0.25, 0.3) is 10.1 Å². The number of rotatable bonds is 1. The molecular formula is C17H22N2O2S. The zero-order chi connectivity index (χ0) is 22.9. The molecule has 0 spiro atoms. The molecular weight excluding hydrogens is 296 g/mol. The van der Waals surface area contributed by atoms with Crippen molar-refractivity contribution >= 4 is 33.2 Å². The van der Waals surface area contributed by atoms with Gasteiger partial charge in [0.25, 0.3) is 0 Å². The van der Waals surface area contributed by atoms with Crippen molar-refractivity contribution in [2.24, 2.45) is 0 Å². The third kappa shape index (κ3) is 3.19. The topological polar surface area (TPSA) is 32.8 Å². The number of hydrogen-bond donors (Lipinski definition) is 0. The molecule has 1 amide bonds. The molecule has 1 aliphatic rings. The van der Waals surface area contributed by atoms with Crippen LogP contribution in [-0.2, 0) is 4.74 Å². The van der Waals surface area contributed by atoms with Gasteiger partial charge >= 0.3 is 6.09 Å². The normalized spacial score (nSPS) is 30.7. The Hall–Kier alpha value is -1.75. The lowest BCUT2D eigenvalue weighted by Crippen LogP contribution is -2.50. The summed E-state index contributed by atoms with van der Waals surface area (Å²) in [7, 11) is 0. The van der Waals surface area contributed by atoms with Crippen molar-refractivity contribution in [3.8, 4) is 0 Å². The van der Waals surface area contributed by atoms with E-state index >= 15 is 0 Å². The van der Waals surface area contributed by atoms with Gasteiger partial charge in [-0.05, 0) is 44.4 Å². The fourth-order valence-electron chi connectivity index (χ4n) is 1.95. The van der Waals surface area contributed by atoms with Gasteiger partial charge in [-0.3, -0.25) is 0 Å². The largest absolute Gasteiger partial charge is 0.444 e. The summed E-state index contributed by atoms with van der Waals surface area (Å²) in [6.07, 6.45) is -1.49. The summed E-state index contributed by atoms with van der Waals surface area (Å²) in [6.45, 7) is -8.36. The molecule has 0 saturated carbocycles. The number of anilines is 1. The summed E-state index contributed by atoms with van der Waals surface area (Å²) in [6, 6.07) is 6.34. The minimum absolute atomic E-state index is 0.0136. The second-order valence-corrected chi connectivity index (χ2v) is 6.66. The van der Waals surface area contributed by atoms with Crippen molar-refractivity contribution in [3.63, 3.8) is 0 Å². The number of benzene rings is 1. The molecule has 0 radical (unpaired) electrons. The van der Waals surface area contributed by atoms with Gasteiger partial charge in [0, 0.05) is 41.8 Å². The first-order valence-corrected chi connectivity index (χ1v) is 7.64. The summed E-state index contributed by atoms with van der Waals surface area (Å²) < 4.78 is 73.3. The maximum absolute atomic E-state index is 12.7. The average molecular weight is 326 g/mol. The van der Waals surface area contributed by atoms with Crippen LogP contribution in [0.5, 0.6) is 0 Å². The molecule has 4 nitrogen and oxygen atoms in total. The van der Waals surface area contributed by atoms with Gasteiger partial charge in [0.05, 0.1) is 11.0 Å². The maximum atomic E-state index is 12.7. The molecule has 2 heterocycles. The quantitative estimate of drug-likeness (QED) is 0.795. The monoisotopic (exact) mass is 326 g/mol. The van der Waals surface area contributed by atoms with Crippen LogP contribution >= 0.6 is 11.3 Å². The SMILES string of the molecule is [2H]C1([2H])N(C(=O)OC(C)(C)C)C([2H])([2H])C([2H])([2H])N(c2cccc3sccc23)C1([2H])[2H]. The van der Waals surface area contributed by atoms with Crippen LogP contribution in [-0.4, -0.2) is 42.6 Å². The molecule has 0 bridgehead atoms. The first kappa shape index (κ1) is 8.20. The number of piperazine rings is 1. The number of thiophene rings is 1. The molecule has 3 rings (SSSR count). The molecule has 1 saturated heterocycles. The number of carbonyl (C=O) groups excluding carboxylic acids is 1. The maximum Gasteiger partial charge on any atom is 0.410 e. The Balaban J connectivity index is 2.25. The Morgan fingerprint density at radius 1 is 1.23 bits per heavy atom. The second-order valence-electron chi connectivity index (χ2n) is 5.71. The van der Waals surface area contributed by atoms with Crippen LogP contribution in [0.1, 0.15) is 31.7 Å². The molecule has 1 aromatic carbocycles. The van der Waals surface area contributed by atoms with Crippen molar-refractivity contribution in [1.82, 2.24) is 4.90 Å². The standard InChI is InChI=1S/C17H22N2O2S/c1-17(2,3)21-16(20)19-10-8-18(9-11-19)14-5-4-6-15-13(14)7-12-22-15/h4-7,12H,8-11H2,1-3H3/i8D2,9D2,10D2,11D2. The minimum Gasteiger partial charge on any atom is -0.444 e. The Labute approximate surface area is 146 Å². The van der Waals surface area contributed by atoms with Gasteiger partial charge in [-0.2, -0.15) is 0 Å². The summed E-state index contributed by atoms with van der Waals surface area (Å²) in [5.74, 6) is 0. The Bertz CT molecular complexity index is 958. The van der Waals surface area contributed by atoms with Crippen LogP contribution < -0.4 is 4.90 Å². The third-order valence-electron chi connectivity index (χ3n) is 2.84. The van der Waals surface area contributed by atoms with E-state index < -0.39 is 37.7 Å². The average Bonchev–Trinajstić information content (AvgIpc) is 3.00. The lowest BCUT2D eigenvalue weighted by Gasteiger charge is -2.37. The fraction of sp³-hybridized carbons (Fsp3) is 0.471. The molecule has 22 heavy (non-hydrogen) atoms. The van der Waals surface area contributed by atoms with Gasteiger partial charge in [-0.1, -0.05) is 6.07 Å². The third-order valence-corrected chi connectivity index (χ3v) is 3.72. The predicted molar refractivity (Wildman–Crippen MR) is 91.8 cm³/mol. The number of carbonyl (C=O) groups is 1. The van der Waals surface area contributed by atoms with E-state index in [1.54, 1.807) is 23.6 Å². The van der Waals surface area contributed by atoms with E-state index in [-0.39, 0.29) is 10.6 Å². The van der Waals surface area contributed by atoms with Gasteiger partial charge < -0.3 is 14.5 Å². The Morgan fingerprint density at radius 2 is 1.95 bits per heavy atom. The molecule has 1 aliphatic heterocycles. The van der Waals surface area contributed by atoms with Crippen molar-refractivity contribution in [2.75, 3.05) is 30.9 Å². The number of fused-ring (bicyclic) bond motifs is 1. The number of amides is 1. The highest BCUT2D eigenvalue weighted by atomic mass is 32.1. The van der Waals surface area contributed by atoms with Crippen LogP contribution in [0.3, 0.4) is 0 Å². The number of nitrogens with zero attached hydrogens (tertiary/aromatic N) is 2. The number of hydrogen-bond acceptors (Lipinski definition) is 4. The van der Waals surface area contributed by atoms with Crippen LogP contribution in [0, 0.1) is 0 Å². The van der Waals surface area contributed by atoms with Crippen molar-refractivity contribution in [3.05, 3.63) is 29.6 Å². The highest BCUT2D eigenvalue weighted by Gasteiger charge is 2.26. The molecule has 1 aromatic heterocycles. The molecule has 0 unspecified atom stereocenters. The second kappa shape index (κ2) is 5.80. The van der Waals surface area contributed by atoms with Gasteiger partial charge in [0.1, 0.15) is 5.60 Å². The molecule has 0 N–H and O–H groups in total. The van der Waals surface area contributed by atoms with Crippen molar-refractivity contribution in [1.29, 1.82) is 0 Å². The van der Waals surface area contributed by atoms with Crippen molar-refractivity contribution < 1.29 is 20.5 Å². The number of ether oxygens (including phenoxy) is 1. The molecule has 5 heteroatoms. The van der Waals surface area contributed by atoms with E-state index in [9.17, 15) is 4.79 Å². The molecule has 0 aliphatic carbocycles. The molecule has 0 atom stereocenters. The summed E-state index contributed by atoms with van der Waals surface area (Å²) >= 11 is 1.33. The zero-order valence-electron chi connectivity index (χ0n) is 20.5. The van der Waals surface area contributed by atoms with Crippen molar-refractivity contribution in [2.45, 2.75) is 26.4 Å². The summed E-state index contributed by atoms with van der Waals surface area (Å²) in [5, 5.41) is 2.17. The molecule has 2 aromatic rings. The lowest BCUT2D eigenvalue weighted by molar-refractivity contribution is 0.0241. The van der Waals surface area contributed by atoms with Crippen LogP contribution in [0.2, 0.25) is 0 Å². The Morgan fingerprint density at radius 3 is 2.64 bits per heavy atom. The smallest absolute Gasteiger partial charge is 0.410 e. The molecule has 1 fully saturated rings. The summed E-state index contributed by atoms with van der Waals surface area (Å²) in [5.41, 5.74) is -1.14. The molecule has 118 valence electrons. The lowest BCUT2D eigenvalue weighted by atomic mass is 10.2. The minimum atomic E-state index is -3.28.